The summed E-state index contributed by atoms with van der Waals surface area (Å²) in [6, 6.07) is 11.4. The summed E-state index contributed by atoms with van der Waals surface area (Å²) >= 11 is 5.97. The van der Waals surface area contributed by atoms with Crippen molar-refractivity contribution in [1.29, 1.82) is 0 Å². The van der Waals surface area contributed by atoms with Crippen LogP contribution in [-0.2, 0) is 4.79 Å². The quantitative estimate of drug-likeness (QED) is 0.822. The van der Waals surface area contributed by atoms with Crippen LogP contribution in [-0.4, -0.2) is 38.7 Å². The molecule has 1 unspecified atom stereocenters. The van der Waals surface area contributed by atoms with Crippen LogP contribution in [0.5, 0.6) is 11.5 Å². The lowest BCUT2D eigenvalue weighted by atomic mass is 10.2. The maximum absolute atomic E-state index is 12.3. The summed E-state index contributed by atoms with van der Waals surface area (Å²) in [6.07, 6.45) is 0.228. The molecule has 7 nitrogen and oxygen atoms in total. The molecule has 0 saturated carbocycles. The summed E-state index contributed by atoms with van der Waals surface area (Å²) in [7, 11) is 3.10. The number of rotatable bonds is 5. The van der Waals surface area contributed by atoms with Gasteiger partial charge in [0.15, 0.2) is 0 Å². The number of nitrogens with one attached hydrogen (secondary N) is 2. The van der Waals surface area contributed by atoms with E-state index in [1.807, 2.05) is 12.1 Å². The number of amides is 3. The van der Waals surface area contributed by atoms with Gasteiger partial charge >= 0.3 is 6.03 Å². The number of hydrogen-bond acceptors (Lipinski definition) is 4. The molecule has 27 heavy (non-hydrogen) atoms. The van der Waals surface area contributed by atoms with Gasteiger partial charge in [-0.2, -0.15) is 0 Å². The van der Waals surface area contributed by atoms with Gasteiger partial charge in [0.25, 0.3) is 0 Å². The van der Waals surface area contributed by atoms with Gasteiger partial charge in [-0.15, -0.1) is 0 Å². The van der Waals surface area contributed by atoms with Gasteiger partial charge in [-0.1, -0.05) is 11.6 Å². The first kappa shape index (κ1) is 18.8. The molecule has 142 valence electrons. The number of carbonyl (C=O) groups is 2. The third-order valence-corrected chi connectivity index (χ3v) is 4.49. The first-order valence-electron chi connectivity index (χ1n) is 8.35. The molecule has 3 amide bonds. The second kappa shape index (κ2) is 8.18. The average Bonchev–Trinajstić information content (AvgIpc) is 3.02. The normalized spacial score (nSPS) is 16.2. The lowest BCUT2D eigenvalue weighted by Gasteiger charge is -2.18. The fourth-order valence-electron chi connectivity index (χ4n) is 2.94. The van der Waals surface area contributed by atoms with E-state index in [9.17, 15) is 9.59 Å². The van der Waals surface area contributed by atoms with Crippen molar-refractivity contribution >= 4 is 34.9 Å². The van der Waals surface area contributed by atoms with Crippen LogP contribution in [0.2, 0.25) is 5.02 Å². The minimum absolute atomic E-state index is 0.0502. The molecule has 3 rings (SSSR count). The summed E-state index contributed by atoms with van der Waals surface area (Å²) in [5.74, 6) is 1.16. The van der Waals surface area contributed by atoms with Crippen molar-refractivity contribution in [1.82, 2.24) is 5.32 Å². The second-order valence-corrected chi connectivity index (χ2v) is 6.48. The summed E-state index contributed by atoms with van der Waals surface area (Å²) in [6.45, 7) is 0.394. The van der Waals surface area contributed by atoms with Crippen LogP contribution >= 0.6 is 11.6 Å². The predicted molar refractivity (Wildman–Crippen MR) is 104 cm³/mol. The van der Waals surface area contributed by atoms with E-state index < -0.39 is 6.03 Å². The van der Waals surface area contributed by atoms with E-state index in [-0.39, 0.29) is 18.4 Å². The standard InChI is InChI=1S/C19H20ClN3O4/c1-26-15-6-4-14(5-7-15)23-11-13(10-18(23)24)21-19(25)22-16-9-12(20)3-8-17(16)27-2/h3-9,13H,10-11H2,1-2H3,(H2,21,22,25). The number of carbonyl (C=O) groups excluding carboxylic acids is 2. The molecule has 1 saturated heterocycles. The van der Waals surface area contributed by atoms with Gasteiger partial charge in [0, 0.05) is 23.7 Å². The van der Waals surface area contributed by atoms with Crippen LogP contribution in [0, 0.1) is 0 Å². The minimum Gasteiger partial charge on any atom is -0.497 e. The van der Waals surface area contributed by atoms with Gasteiger partial charge in [0.1, 0.15) is 11.5 Å². The maximum atomic E-state index is 12.3. The summed E-state index contributed by atoms with van der Waals surface area (Å²) in [5.41, 5.74) is 1.22. The molecule has 8 heteroatoms. The molecule has 0 aromatic heterocycles. The minimum atomic E-state index is -0.426. The summed E-state index contributed by atoms with van der Waals surface area (Å²) in [4.78, 5) is 26.3. The van der Waals surface area contributed by atoms with Crippen molar-refractivity contribution in [3.63, 3.8) is 0 Å². The van der Waals surface area contributed by atoms with Crippen LogP contribution in [0.15, 0.2) is 42.5 Å². The molecule has 1 fully saturated rings. The highest BCUT2D eigenvalue weighted by Gasteiger charge is 2.31. The Hall–Kier alpha value is -2.93. The third kappa shape index (κ3) is 4.43. The van der Waals surface area contributed by atoms with Crippen molar-refractivity contribution in [3.8, 4) is 11.5 Å². The van der Waals surface area contributed by atoms with Crippen LogP contribution in [0.4, 0.5) is 16.2 Å². The van der Waals surface area contributed by atoms with E-state index in [1.54, 1.807) is 42.3 Å². The number of methoxy groups -OCH3 is 2. The second-order valence-electron chi connectivity index (χ2n) is 6.05. The molecular formula is C19H20ClN3O4. The molecule has 2 N–H and O–H groups in total. The van der Waals surface area contributed by atoms with E-state index in [1.165, 1.54) is 7.11 Å². The number of benzene rings is 2. The molecular weight excluding hydrogens is 370 g/mol. The van der Waals surface area contributed by atoms with E-state index in [0.717, 1.165) is 11.4 Å². The first-order chi connectivity index (χ1) is 13.0. The van der Waals surface area contributed by atoms with E-state index in [4.69, 9.17) is 21.1 Å². The molecule has 0 spiro atoms. The van der Waals surface area contributed by atoms with Gasteiger partial charge in [0.2, 0.25) is 5.91 Å². The first-order valence-corrected chi connectivity index (χ1v) is 8.73. The molecule has 0 radical (unpaired) electrons. The SMILES string of the molecule is COc1ccc(N2CC(NC(=O)Nc3cc(Cl)ccc3OC)CC2=O)cc1. The van der Waals surface area contributed by atoms with Crippen LogP contribution < -0.4 is 25.0 Å². The number of ether oxygens (including phenoxy) is 2. The Bertz CT molecular complexity index is 841. The number of urea groups is 1. The lowest BCUT2D eigenvalue weighted by molar-refractivity contribution is -0.117. The Morgan fingerprint density at radius 1 is 1.15 bits per heavy atom. The van der Waals surface area contributed by atoms with Crippen LogP contribution in [0.3, 0.4) is 0 Å². The van der Waals surface area contributed by atoms with Crippen molar-refractivity contribution in [2.24, 2.45) is 0 Å². The molecule has 1 atom stereocenters. The molecule has 2 aromatic rings. The third-order valence-electron chi connectivity index (χ3n) is 4.25. The largest absolute Gasteiger partial charge is 0.497 e. The molecule has 0 aliphatic carbocycles. The summed E-state index contributed by atoms with van der Waals surface area (Å²) < 4.78 is 10.3. The zero-order valence-corrected chi connectivity index (χ0v) is 15.7. The Kier molecular flexibility index (Phi) is 5.71. The number of nitrogens with zero attached hydrogens (tertiary/aromatic N) is 1. The highest BCUT2D eigenvalue weighted by Crippen LogP contribution is 2.28. The number of anilines is 2. The van der Waals surface area contributed by atoms with Crippen molar-refractivity contribution in [2.45, 2.75) is 12.5 Å². The predicted octanol–water partition coefficient (Wildman–Crippen LogP) is 3.28. The van der Waals surface area contributed by atoms with Crippen molar-refractivity contribution < 1.29 is 19.1 Å². The molecule has 2 aromatic carbocycles. The Labute approximate surface area is 162 Å². The van der Waals surface area contributed by atoms with Gasteiger partial charge in [-0.05, 0) is 42.5 Å². The van der Waals surface area contributed by atoms with Gasteiger partial charge in [0.05, 0.1) is 25.9 Å². The Morgan fingerprint density at radius 2 is 1.89 bits per heavy atom. The number of halogens is 1. The average molecular weight is 390 g/mol. The Balaban J connectivity index is 1.62. The van der Waals surface area contributed by atoms with E-state index in [0.29, 0.717) is 23.0 Å². The lowest BCUT2D eigenvalue weighted by Crippen LogP contribution is -2.39. The topological polar surface area (TPSA) is 79.9 Å². The van der Waals surface area contributed by atoms with Crippen molar-refractivity contribution in [3.05, 3.63) is 47.5 Å². The smallest absolute Gasteiger partial charge is 0.319 e. The highest BCUT2D eigenvalue weighted by molar-refractivity contribution is 6.31. The zero-order valence-electron chi connectivity index (χ0n) is 15.0. The molecule has 1 aliphatic heterocycles. The van der Waals surface area contributed by atoms with E-state index >= 15 is 0 Å². The Morgan fingerprint density at radius 3 is 2.56 bits per heavy atom. The molecule has 1 aliphatic rings. The highest BCUT2D eigenvalue weighted by atomic mass is 35.5. The van der Waals surface area contributed by atoms with Crippen LogP contribution in [0.1, 0.15) is 6.42 Å². The van der Waals surface area contributed by atoms with E-state index in [2.05, 4.69) is 10.6 Å². The maximum Gasteiger partial charge on any atom is 0.319 e. The number of hydrogen-bond donors (Lipinski definition) is 2. The van der Waals surface area contributed by atoms with Gasteiger partial charge < -0.3 is 25.0 Å². The van der Waals surface area contributed by atoms with Crippen LogP contribution in [0.25, 0.3) is 0 Å². The van der Waals surface area contributed by atoms with Gasteiger partial charge in [-0.3, -0.25) is 4.79 Å². The van der Waals surface area contributed by atoms with Crippen molar-refractivity contribution in [2.75, 3.05) is 31.0 Å². The zero-order chi connectivity index (χ0) is 19.4. The van der Waals surface area contributed by atoms with Gasteiger partial charge in [-0.25, -0.2) is 4.79 Å². The monoisotopic (exact) mass is 389 g/mol. The molecule has 1 heterocycles. The fourth-order valence-corrected chi connectivity index (χ4v) is 3.11. The fraction of sp³-hybridized carbons (Fsp3) is 0.263. The molecule has 0 bridgehead atoms. The summed E-state index contributed by atoms with van der Waals surface area (Å²) in [5, 5.41) is 6.00.